The molecular formula is C32H32N2O5. The molecule has 3 aromatic carbocycles. The van der Waals surface area contributed by atoms with Crippen molar-refractivity contribution >= 4 is 17.4 Å². The molecule has 3 aromatic rings. The molecule has 1 unspecified atom stereocenters. The lowest BCUT2D eigenvalue weighted by atomic mass is 9.75. The summed E-state index contributed by atoms with van der Waals surface area (Å²) in [5.41, 5.74) is 5.09. The number of rotatable bonds is 8. The molecule has 1 heterocycles. The summed E-state index contributed by atoms with van der Waals surface area (Å²) in [6.07, 6.45) is 1.99. The number of ether oxygens (including phenoxy) is 3. The van der Waals surface area contributed by atoms with Gasteiger partial charge in [0.15, 0.2) is 17.3 Å². The first-order valence-electron chi connectivity index (χ1n) is 13.0. The first-order valence-corrected chi connectivity index (χ1v) is 13.0. The number of anilines is 1. The van der Waals surface area contributed by atoms with Crippen LogP contribution in [0.1, 0.15) is 43.2 Å². The van der Waals surface area contributed by atoms with E-state index in [1.165, 1.54) is 0 Å². The molecule has 0 bridgehead atoms. The fraction of sp³-hybridized carbons (Fsp3) is 0.250. The Labute approximate surface area is 228 Å². The Hall–Kier alpha value is -4.52. The van der Waals surface area contributed by atoms with Crippen LogP contribution in [0.5, 0.6) is 17.2 Å². The summed E-state index contributed by atoms with van der Waals surface area (Å²) in [7, 11) is 3.15. The summed E-state index contributed by atoms with van der Waals surface area (Å²) < 4.78 is 17.2. The topological polar surface area (TPSA) is 85.9 Å². The molecule has 0 aromatic heterocycles. The zero-order valence-corrected chi connectivity index (χ0v) is 22.4. The number of hydrogen-bond donors (Lipinski definition) is 2. The number of allylic oxidation sites excluding steroid dienone is 3. The Morgan fingerprint density at radius 1 is 0.923 bits per heavy atom. The third-order valence-corrected chi connectivity index (χ3v) is 7.13. The van der Waals surface area contributed by atoms with Gasteiger partial charge in [0, 0.05) is 34.9 Å². The van der Waals surface area contributed by atoms with Crippen LogP contribution in [0.4, 0.5) is 5.69 Å². The summed E-state index contributed by atoms with van der Waals surface area (Å²) in [6.45, 7) is 2.27. The van der Waals surface area contributed by atoms with Gasteiger partial charge in [0.05, 0.1) is 19.9 Å². The van der Waals surface area contributed by atoms with E-state index in [1.54, 1.807) is 26.4 Å². The molecule has 0 saturated heterocycles. The predicted molar refractivity (Wildman–Crippen MR) is 150 cm³/mol. The third kappa shape index (κ3) is 5.39. The van der Waals surface area contributed by atoms with Crippen molar-refractivity contribution in [2.45, 2.75) is 38.7 Å². The molecule has 200 valence electrons. The molecular weight excluding hydrogens is 492 g/mol. The van der Waals surface area contributed by atoms with E-state index in [1.807, 2.05) is 67.6 Å². The number of carbonyl (C=O) groups excluding carboxylic acids is 2. The molecule has 1 aliphatic carbocycles. The average molecular weight is 525 g/mol. The third-order valence-electron chi connectivity index (χ3n) is 7.13. The maximum absolute atomic E-state index is 13.8. The van der Waals surface area contributed by atoms with Gasteiger partial charge in [0.2, 0.25) is 0 Å². The molecule has 1 aliphatic heterocycles. The van der Waals surface area contributed by atoms with Crippen LogP contribution in [0.25, 0.3) is 0 Å². The van der Waals surface area contributed by atoms with Crippen molar-refractivity contribution in [2.75, 3.05) is 19.5 Å². The van der Waals surface area contributed by atoms with Gasteiger partial charge in [0.25, 0.3) is 5.91 Å². The molecule has 2 N–H and O–H groups in total. The number of para-hydroxylation sites is 2. The molecule has 2 aliphatic rings. The smallest absolute Gasteiger partial charge is 0.254 e. The molecule has 5 rings (SSSR count). The monoisotopic (exact) mass is 524 g/mol. The van der Waals surface area contributed by atoms with Crippen LogP contribution in [-0.2, 0) is 16.2 Å². The minimum atomic E-state index is -0.555. The Kier molecular flexibility index (Phi) is 7.68. The lowest BCUT2D eigenvalue weighted by molar-refractivity contribution is -0.116. The summed E-state index contributed by atoms with van der Waals surface area (Å²) in [5.74, 6) is 0.869. The molecule has 0 radical (unpaired) electrons. The van der Waals surface area contributed by atoms with Crippen molar-refractivity contribution in [2.24, 2.45) is 0 Å². The van der Waals surface area contributed by atoms with E-state index in [9.17, 15) is 9.59 Å². The second-order valence-corrected chi connectivity index (χ2v) is 9.60. The highest BCUT2D eigenvalue weighted by atomic mass is 16.5. The van der Waals surface area contributed by atoms with Gasteiger partial charge in [-0.1, -0.05) is 48.5 Å². The molecule has 7 heteroatoms. The average Bonchev–Trinajstić information content (AvgIpc) is 2.96. The minimum Gasteiger partial charge on any atom is -0.495 e. The number of hydrogen-bond acceptors (Lipinski definition) is 6. The number of nitrogens with one attached hydrogen (secondary N) is 2. The Morgan fingerprint density at radius 2 is 1.67 bits per heavy atom. The van der Waals surface area contributed by atoms with E-state index in [4.69, 9.17) is 14.2 Å². The number of carbonyl (C=O) groups is 2. The number of dihydropyridines is 1. The summed E-state index contributed by atoms with van der Waals surface area (Å²) in [5, 5.41) is 6.36. The Bertz CT molecular complexity index is 1460. The van der Waals surface area contributed by atoms with Crippen molar-refractivity contribution in [3.8, 4) is 17.2 Å². The second kappa shape index (κ2) is 11.5. The van der Waals surface area contributed by atoms with E-state index in [2.05, 4.69) is 10.6 Å². The molecule has 1 amide bonds. The summed E-state index contributed by atoms with van der Waals surface area (Å²) in [6, 6.07) is 22.8. The lowest BCUT2D eigenvalue weighted by Gasteiger charge is -2.34. The van der Waals surface area contributed by atoms with Gasteiger partial charge in [-0.15, -0.1) is 0 Å². The van der Waals surface area contributed by atoms with E-state index < -0.39 is 5.92 Å². The van der Waals surface area contributed by atoms with Crippen LogP contribution < -0.4 is 24.8 Å². The Balaban J connectivity index is 1.52. The van der Waals surface area contributed by atoms with Gasteiger partial charge in [-0.2, -0.15) is 0 Å². The van der Waals surface area contributed by atoms with E-state index in [0.717, 1.165) is 29.7 Å². The molecule has 39 heavy (non-hydrogen) atoms. The second-order valence-electron chi connectivity index (χ2n) is 9.60. The zero-order chi connectivity index (χ0) is 27.4. The van der Waals surface area contributed by atoms with Crippen LogP contribution >= 0.6 is 0 Å². The van der Waals surface area contributed by atoms with Crippen molar-refractivity contribution in [1.29, 1.82) is 0 Å². The highest BCUT2D eigenvalue weighted by Crippen LogP contribution is 2.44. The quantitative estimate of drug-likeness (QED) is 0.382. The molecule has 0 saturated carbocycles. The normalized spacial score (nSPS) is 16.8. The van der Waals surface area contributed by atoms with E-state index in [-0.39, 0.29) is 11.7 Å². The number of methoxy groups -OCH3 is 2. The fourth-order valence-corrected chi connectivity index (χ4v) is 5.27. The molecule has 7 nitrogen and oxygen atoms in total. The van der Waals surface area contributed by atoms with Crippen molar-refractivity contribution in [3.05, 3.63) is 106 Å². The maximum Gasteiger partial charge on any atom is 0.254 e. The van der Waals surface area contributed by atoms with Gasteiger partial charge in [-0.05, 0) is 55.2 Å². The number of Topliss-reactive ketones (excluding diaryl/α,β-unsaturated/α-hetero) is 1. The maximum atomic E-state index is 13.8. The standard InChI is InChI=1S/C32H32N2O5/c1-20-29(32(36)34-23-12-7-8-15-26(23)37-2)30(31-24(33-20)13-9-14-25(31)35)22-16-17-27(28(18-22)38-3)39-19-21-10-5-4-6-11-21/h4-8,10-12,15-18,30,33H,9,13-14,19H2,1-3H3,(H,34,36). The highest BCUT2D eigenvalue weighted by Gasteiger charge is 2.39. The van der Waals surface area contributed by atoms with Crippen LogP contribution in [0, 0.1) is 0 Å². The number of ketones is 1. The first-order chi connectivity index (χ1) is 19.0. The van der Waals surface area contributed by atoms with Gasteiger partial charge in [-0.3, -0.25) is 9.59 Å². The van der Waals surface area contributed by atoms with Crippen LogP contribution in [0.15, 0.2) is 95.3 Å². The SMILES string of the molecule is COc1ccccc1NC(=O)C1=C(C)NC2=C(C(=O)CCC2)C1c1ccc(OCc2ccccc2)c(OC)c1. The molecule has 0 spiro atoms. The molecule has 0 fully saturated rings. The summed E-state index contributed by atoms with van der Waals surface area (Å²) >= 11 is 0. The van der Waals surface area contributed by atoms with Crippen molar-refractivity contribution in [1.82, 2.24) is 5.32 Å². The van der Waals surface area contributed by atoms with Crippen LogP contribution in [0.2, 0.25) is 0 Å². The van der Waals surface area contributed by atoms with Gasteiger partial charge < -0.3 is 24.8 Å². The molecule has 1 atom stereocenters. The predicted octanol–water partition coefficient (Wildman–Crippen LogP) is 5.89. The summed E-state index contributed by atoms with van der Waals surface area (Å²) in [4.78, 5) is 27.1. The zero-order valence-electron chi connectivity index (χ0n) is 22.4. The van der Waals surface area contributed by atoms with Gasteiger partial charge >= 0.3 is 0 Å². The Morgan fingerprint density at radius 3 is 2.44 bits per heavy atom. The van der Waals surface area contributed by atoms with Gasteiger partial charge in [-0.25, -0.2) is 0 Å². The van der Waals surface area contributed by atoms with Crippen LogP contribution in [0.3, 0.4) is 0 Å². The van der Waals surface area contributed by atoms with Crippen molar-refractivity contribution in [3.63, 3.8) is 0 Å². The lowest BCUT2D eigenvalue weighted by Crippen LogP contribution is -2.35. The van der Waals surface area contributed by atoms with E-state index >= 15 is 0 Å². The number of amides is 1. The number of benzene rings is 3. The van der Waals surface area contributed by atoms with Crippen LogP contribution in [-0.4, -0.2) is 25.9 Å². The highest BCUT2D eigenvalue weighted by molar-refractivity contribution is 6.10. The van der Waals surface area contributed by atoms with E-state index in [0.29, 0.717) is 52.8 Å². The largest absolute Gasteiger partial charge is 0.495 e. The van der Waals surface area contributed by atoms with Crippen molar-refractivity contribution < 1.29 is 23.8 Å². The van der Waals surface area contributed by atoms with Gasteiger partial charge in [0.1, 0.15) is 12.4 Å². The fourth-order valence-electron chi connectivity index (χ4n) is 5.27. The first kappa shape index (κ1) is 26.1. The minimum absolute atomic E-state index is 0.0483.